The Hall–Kier alpha value is 2.57. The van der Waals surface area contributed by atoms with Gasteiger partial charge in [0.05, 0.1) is 0 Å². The van der Waals surface area contributed by atoms with Crippen LogP contribution in [-0.4, -0.2) is 0 Å². The van der Waals surface area contributed by atoms with E-state index in [4.69, 9.17) is 0 Å². The van der Waals surface area contributed by atoms with E-state index in [-0.39, 0.29) is 88.0 Å². The van der Waals surface area contributed by atoms with Crippen molar-refractivity contribution in [1.82, 2.24) is 0 Å². The van der Waals surface area contributed by atoms with Gasteiger partial charge in [0.25, 0.3) is 0 Å². The Morgan fingerprint density at radius 1 is 0.400 bits per heavy atom. The molecule has 0 aromatic heterocycles. The van der Waals surface area contributed by atoms with Crippen LogP contribution < -0.4 is 0 Å². The minimum atomic E-state index is 0. The van der Waals surface area contributed by atoms with Crippen molar-refractivity contribution in [2.24, 2.45) is 0 Å². The third-order valence-electron chi connectivity index (χ3n) is 0. The van der Waals surface area contributed by atoms with Crippen LogP contribution in [0.4, 0.5) is 0 Å². The summed E-state index contributed by atoms with van der Waals surface area (Å²) in [4.78, 5) is 0. The van der Waals surface area contributed by atoms with Crippen LogP contribution in [-0.2, 0) is 20.1 Å². The van der Waals surface area contributed by atoms with Crippen LogP contribution in [0, 0.1) is 0 Å². The van der Waals surface area contributed by atoms with E-state index < -0.39 is 0 Å². The van der Waals surface area contributed by atoms with E-state index in [1.54, 1.807) is 0 Å². The monoisotopic (exact) mass is 513 g/mol. The summed E-state index contributed by atoms with van der Waals surface area (Å²) in [7, 11) is 0. The fraction of sp³-hybridized carbons (Fsp3) is 0. The van der Waals surface area contributed by atoms with Crippen molar-refractivity contribution in [2.45, 2.75) is 0 Å². The molecular formula is H4Br4Ir. The molecule has 0 saturated heterocycles. The largest absolute Gasteiger partial charge is 0.114 e. The molecular weight excluding hydrogens is 512 g/mol. The quantitative estimate of drug-likeness (QED) is 0.465. The van der Waals surface area contributed by atoms with Crippen molar-refractivity contribution in [3.05, 3.63) is 0 Å². The minimum absolute atomic E-state index is 0. The molecule has 0 aromatic carbocycles. The first-order valence-corrected chi connectivity index (χ1v) is 0. The summed E-state index contributed by atoms with van der Waals surface area (Å²) in [5.74, 6) is 0. The van der Waals surface area contributed by atoms with Gasteiger partial charge in [-0.3, -0.25) is 0 Å². The van der Waals surface area contributed by atoms with Gasteiger partial charge in [0.15, 0.2) is 0 Å². The summed E-state index contributed by atoms with van der Waals surface area (Å²) in [6.07, 6.45) is 0. The molecule has 0 nitrogen and oxygen atoms in total. The molecule has 41 valence electrons. The van der Waals surface area contributed by atoms with Gasteiger partial charge in [0.1, 0.15) is 0 Å². The normalized spacial score (nSPS) is 0. The third kappa shape index (κ3) is 20.8. The average Bonchev–Trinajstić information content (AvgIpc) is 0. The van der Waals surface area contributed by atoms with Crippen molar-refractivity contribution in [3.63, 3.8) is 0 Å². The van der Waals surface area contributed by atoms with E-state index in [0.717, 1.165) is 0 Å². The minimum Gasteiger partial charge on any atom is -0.114 e. The second-order valence-electron chi connectivity index (χ2n) is 0. The molecule has 0 saturated carbocycles. The van der Waals surface area contributed by atoms with Gasteiger partial charge in [0.2, 0.25) is 0 Å². The SMILES string of the molecule is Br.Br.Br.Br.[Ir]. The fourth-order valence-corrected chi connectivity index (χ4v) is 0. The third-order valence-corrected chi connectivity index (χ3v) is 0. The molecule has 0 spiro atoms. The van der Waals surface area contributed by atoms with Crippen LogP contribution in [0.3, 0.4) is 0 Å². The van der Waals surface area contributed by atoms with Gasteiger partial charge in [-0.1, -0.05) is 0 Å². The van der Waals surface area contributed by atoms with Crippen LogP contribution in [0.5, 0.6) is 0 Å². The Balaban J connectivity index is 0. The topological polar surface area (TPSA) is 0 Å². The zero-order valence-corrected chi connectivity index (χ0v) is 11.2. The van der Waals surface area contributed by atoms with E-state index in [9.17, 15) is 0 Å². The zero-order chi connectivity index (χ0) is 0. The van der Waals surface area contributed by atoms with Crippen LogP contribution in [0.2, 0.25) is 0 Å². The van der Waals surface area contributed by atoms with Crippen molar-refractivity contribution in [2.75, 3.05) is 0 Å². The molecule has 0 rings (SSSR count). The van der Waals surface area contributed by atoms with Crippen molar-refractivity contribution < 1.29 is 20.1 Å². The Labute approximate surface area is 86.9 Å². The van der Waals surface area contributed by atoms with E-state index in [0.29, 0.717) is 0 Å². The van der Waals surface area contributed by atoms with E-state index >= 15 is 0 Å². The molecule has 0 aliphatic rings. The van der Waals surface area contributed by atoms with Crippen LogP contribution in [0.25, 0.3) is 0 Å². The molecule has 0 N–H and O–H groups in total. The fourth-order valence-electron chi connectivity index (χ4n) is 0. The molecule has 5 heteroatoms. The van der Waals surface area contributed by atoms with E-state index in [2.05, 4.69) is 0 Å². The van der Waals surface area contributed by atoms with Gasteiger partial charge in [-0.15, -0.1) is 67.9 Å². The summed E-state index contributed by atoms with van der Waals surface area (Å²) in [6.45, 7) is 0. The molecule has 0 aliphatic carbocycles. The van der Waals surface area contributed by atoms with Crippen LogP contribution in [0.15, 0.2) is 0 Å². The summed E-state index contributed by atoms with van der Waals surface area (Å²) >= 11 is 0. The van der Waals surface area contributed by atoms with Crippen LogP contribution >= 0.6 is 67.9 Å². The predicted molar refractivity (Wildman–Crippen MR) is 41.3 cm³/mol. The Morgan fingerprint density at radius 3 is 0.400 bits per heavy atom. The Kier molecular flexibility index (Phi) is 305. The first-order valence-electron chi connectivity index (χ1n) is 0. The van der Waals surface area contributed by atoms with Gasteiger partial charge in [-0.25, -0.2) is 0 Å². The number of rotatable bonds is 0. The zero-order valence-electron chi connectivity index (χ0n) is 1.97. The number of hydrogen-bond acceptors (Lipinski definition) is 0. The second-order valence-corrected chi connectivity index (χ2v) is 0. The molecule has 1 radical (unpaired) electrons. The molecule has 0 bridgehead atoms. The summed E-state index contributed by atoms with van der Waals surface area (Å²) in [6, 6.07) is 0. The first kappa shape index (κ1) is 49.5. The molecule has 0 unspecified atom stereocenters. The molecule has 0 atom stereocenters. The molecule has 0 heterocycles. The van der Waals surface area contributed by atoms with E-state index in [1.807, 2.05) is 0 Å². The second kappa shape index (κ2) is 30.9. The van der Waals surface area contributed by atoms with E-state index in [1.165, 1.54) is 0 Å². The molecule has 0 fully saturated rings. The molecule has 0 amide bonds. The maximum absolute atomic E-state index is 0. The number of halogens is 4. The number of hydrogen-bond donors (Lipinski definition) is 0. The molecule has 5 heavy (non-hydrogen) atoms. The molecule has 0 aliphatic heterocycles. The standard InChI is InChI=1S/4BrH.Ir/h4*1H;. The van der Waals surface area contributed by atoms with Crippen molar-refractivity contribution in [3.8, 4) is 0 Å². The Morgan fingerprint density at radius 2 is 0.400 bits per heavy atom. The maximum atomic E-state index is 0. The Bertz CT molecular complexity index is 3.61. The van der Waals surface area contributed by atoms with Crippen LogP contribution in [0.1, 0.15) is 0 Å². The van der Waals surface area contributed by atoms with Crippen molar-refractivity contribution in [1.29, 1.82) is 0 Å². The first-order chi connectivity index (χ1) is 0. The summed E-state index contributed by atoms with van der Waals surface area (Å²) in [5.41, 5.74) is 0. The van der Waals surface area contributed by atoms with Gasteiger partial charge < -0.3 is 0 Å². The van der Waals surface area contributed by atoms with Gasteiger partial charge in [-0.2, -0.15) is 0 Å². The summed E-state index contributed by atoms with van der Waals surface area (Å²) < 4.78 is 0. The molecule has 0 aromatic rings. The predicted octanol–water partition coefficient (Wildman–Crippen LogP) is 2.31. The smallest absolute Gasteiger partial charge is 0 e. The average molecular weight is 516 g/mol. The van der Waals surface area contributed by atoms with Gasteiger partial charge in [0, 0.05) is 20.1 Å². The van der Waals surface area contributed by atoms with Crippen molar-refractivity contribution >= 4 is 67.9 Å². The summed E-state index contributed by atoms with van der Waals surface area (Å²) in [5, 5.41) is 0. The van der Waals surface area contributed by atoms with Gasteiger partial charge >= 0.3 is 0 Å². The maximum Gasteiger partial charge on any atom is 0 e. The van der Waals surface area contributed by atoms with Gasteiger partial charge in [-0.05, 0) is 0 Å².